The Balaban J connectivity index is 1.48. The molecule has 1 unspecified atom stereocenters. The van der Waals surface area contributed by atoms with E-state index in [1.807, 2.05) is 0 Å². The molecule has 2 saturated carbocycles. The van der Waals surface area contributed by atoms with E-state index in [-0.39, 0.29) is 30.5 Å². The van der Waals surface area contributed by atoms with E-state index < -0.39 is 23.2 Å². The van der Waals surface area contributed by atoms with Crippen LogP contribution in [0.15, 0.2) is 24.3 Å². The van der Waals surface area contributed by atoms with Crippen LogP contribution in [-0.2, 0) is 9.53 Å². The van der Waals surface area contributed by atoms with Crippen LogP contribution in [0.25, 0.3) is 0 Å². The third-order valence-corrected chi connectivity index (χ3v) is 6.71. The summed E-state index contributed by atoms with van der Waals surface area (Å²) in [5.74, 6) is -4.76. The Morgan fingerprint density at radius 3 is 2.46 bits per heavy atom. The normalized spacial score (nSPS) is 37.5. The lowest BCUT2D eigenvalue weighted by molar-refractivity contribution is -0.179. The van der Waals surface area contributed by atoms with Gasteiger partial charge in [-0.1, -0.05) is 18.6 Å². The monoisotopic (exact) mass is 337 g/mol. The van der Waals surface area contributed by atoms with E-state index in [0.717, 1.165) is 24.8 Å². The van der Waals surface area contributed by atoms with Crippen molar-refractivity contribution in [2.45, 2.75) is 31.2 Å². The smallest absolute Gasteiger partial charge is 0.271 e. The molecule has 5 rings (SSSR count). The van der Waals surface area contributed by atoms with E-state index in [1.54, 1.807) is 17.0 Å². The first-order valence-corrected chi connectivity index (χ1v) is 8.44. The largest absolute Gasteiger partial charge is 0.380 e. The van der Waals surface area contributed by atoms with Crippen molar-refractivity contribution >= 4 is 5.91 Å². The molecule has 2 heterocycles. The van der Waals surface area contributed by atoms with Gasteiger partial charge in [-0.15, -0.1) is 0 Å². The highest BCUT2D eigenvalue weighted by atomic mass is 19.3. The molecule has 128 valence electrons. The Morgan fingerprint density at radius 1 is 1.21 bits per heavy atom. The van der Waals surface area contributed by atoms with Crippen molar-refractivity contribution in [2.75, 3.05) is 19.8 Å². The molecule has 3 atom stereocenters. The summed E-state index contributed by atoms with van der Waals surface area (Å²) in [5, 5.41) is 0. The molecular formula is C18H18F3NO2. The quantitative estimate of drug-likeness (QED) is 0.830. The standard InChI is InChI=1S/C18H18F3NO2/c19-12-4-2-11(3-5-12)14-16(6-1-7-16)9-22(14)15(23)17-10-24-8-13(17)18(17,20)21/h2-5,13-14H,1,6-10H2/t13-,14?,17+/m1/s1. The molecule has 0 N–H and O–H groups in total. The lowest BCUT2D eigenvalue weighted by Gasteiger charge is -2.63. The molecule has 2 saturated heterocycles. The number of benzene rings is 1. The average molecular weight is 337 g/mol. The number of carbonyl (C=O) groups is 1. The third kappa shape index (κ3) is 1.51. The number of carbonyl (C=O) groups excluding carboxylic acids is 1. The second-order valence-corrected chi connectivity index (χ2v) is 7.77. The molecule has 0 radical (unpaired) electrons. The van der Waals surface area contributed by atoms with Crippen molar-refractivity contribution in [1.82, 2.24) is 4.90 Å². The van der Waals surface area contributed by atoms with E-state index in [0.29, 0.717) is 6.54 Å². The van der Waals surface area contributed by atoms with Crippen LogP contribution in [0, 0.1) is 22.6 Å². The maximum atomic E-state index is 14.2. The van der Waals surface area contributed by atoms with E-state index in [9.17, 15) is 18.0 Å². The number of alkyl halides is 2. The number of hydrogen-bond acceptors (Lipinski definition) is 2. The van der Waals surface area contributed by atoms with Crippen molar-refractivity contribution < 1.29 is 22.7 Å². The van der Waals surface area contributed by atoms with Crippen LogP contribution in [0.5, 0.6) is 0 Å². The summed E-state index contributed by atoms with van der Waals surface area (Å²) < 4.78 is 46.7. The summed E-state index contributed by atoms with van der Waals surface area (Å²) in [6.07, 6.45) is 3.07. The average Bonchev–Trinajstić information content (AvgIpc) is 2.84. The second kappa shape index (κ2) is 4.34. The summed E-state index contributed by atoms with van der Waals surface area (Å²) in [5.41, 5.74) is -0.827. The molecule has 2 aliphatic heterocycles. The van der Waals surface area contributed by atoms with Crippen molar-refractivity contribution in [3.05, 3.63) is 35.6 Å². The maximum Gasteiger partial charge on any atom is 0.271 e. The predicted molar refractivity (Wildman–Crippen MR) is 78.8 cm³/mol. The Labute approximate surface area is 137 Å². The number of fused-ring (bicyclic) bond motifs is 1. The fourth-order valence-electron chi connectivity index (χ4n) is 5.09. The summed E-state index contributed by atoms with van der Waals surface area (Å²) in [4.78, 5) is 14.6. The third-order valence-electron chi connectivity index (χ3n) is 6.71. The minimum absolute atomic E-state index is 0.0107. The van der Waals surface area contributed by atoms with Gasteiger partial charge in [0.2, 0.25) is 5.91 Å². The number of likely N-dealkylation sites (tertiary alicyclic amines) is 1. The van der Waals surface area contributed by atoms with Gasteiger partial charge in [0.25, 0.3) is 5.92 Å². The first-order chi connectivity index (χ1) is 11.4. The Kier molecular flexibility index (Phi) is 2.67. The van der Waals surface area contributed by atoms with E-state index in [4.69, 9.17) is 4.74 Å². The van der Waals surface area contributed by atoms with Crippen LogP contribution in [0.3, 0.4) is 0 Å². The second-order valence-electron chi connectivity index (χ2n) is 7.77. The van der Waals surface area contributed by atoms with Gasteiger partial charge in [-0.25, -0.2) is 13.2 Å². The topological polar surface area (TPSA) is 29.5 Å². The summed E-state index contributed by atoms with van der Waals surface area (Å²) >= 11 is 0. The van der Waals surface area contributed by atoms with E-state index in [2.05, 4.69) is 0 Å². The van der Waals surface area contributed by atoms with Crippen molar-refractivity contribution in [3.63, 3.8) is 0 Å². The molecule has 6 heteroatoms. The molecule has 1 aromatic carbocycles. The van der Waals surface area contributed by atoms with Gasteiger partial charge >= 0.3 is 0 Å². The fourth-order valence-corrected chi connectivity index (χ4v) is 5.09. The predicted octanol–water partition coefficient (Wildman–Crippen LogP) is 3.16. The molecule has 0 aromatic heterocycles. The minimum Gasteiger partial charge on any atom is -0.380 e. The number of hydrogen-bond donors (Lipinski definition) is 0. The number of amides is 1. The van der Waals surface area contributed by atoms with Crippen molar-refractivity contribution in [1.29, 1.82) is 0 Å². The minimum atomic E-state index is -2.96. The molecule has 1 amide bonds. The van der Waals surface area contributed by atoms with Crippen LogP contribution in [0.4, 0.5) is 13.2 Å². The van der Waals surface area contributed by atoms with Gasteiger partial charge in [0.05, 0.1) is 25.2 Å². The zero-order chi connectivity index (χ0) is 16.7. The highest BCUT2D eigenvalue weighted by Crippen LogP contribution is 2.72. The molecule has 4 fully saturated rings. The summed E-state index contributed by atoms with van der Waals surface area (Å²) in [7, 11) is 0. The molecule has 24 heavy (non-hydrogen) atoms. The van der Waals surface area contributed by atoms with E-state index in [1.165, 1.54) is 12.1 Å². The van der Waals surface area contributed by atoms with Gasteiger partial charge in [0, 0.05) is 12.0 Å². The number of halogens is 3. The van der Waals surface area contributed by atoms with Crippen LogP contribution in [0.2, 0.25) is 0 Å². The SMILES string of the molecule is O=C(N1CC2(CCC2)C1c1ccc(F)cc1)[C@]12COC[C@H]1C2(F)F. The van der Waals surface area contributed by atoms with Gasteiger partial charge in [0.15, 0.2) is 0 Å². The molecular weight excluding hydrogens is 319 g/mol. The van der Waals surface area contributed by atoms with Gasteiger partial charge < -0.3 is 9.64 Å². The Morgan fingerprint density at radius 2 is 1.92 bits per heavy atom. The van der Waals surface area contributed by atoms with Crippen LogP contribution >= 0.6 is 0 Å². The highest BCUT2D eigenvalue weighted by molar-refractivity contribution is 5.90. The first kappa shape index (κ1) is 14.8. The first-order valence-electron chi connectivity index (χ1n) is 8.44. The number of rotatable bonds is 2. The highest BCUT2D eigenvalue weighted by Gasteiger charge is 2.88. The summed E-state index contributed by atoms with van der Waals surface area (Å²) in [6.45, 7) is 0.292. The number of ether oxygens (including phenoxy) is 1. The van der Waals surface area contributed by atoms with Crippen LogP contribution in [0.1, 0.15) is 30.9 Å². The van der Waals surface area contributed by atoms with E-state index >= 15 is 0 Å². The fraction of sp³-hybridized carbons (Fsp3) is 0.611. The van der Waals surface area contributed by atoms with Gasteiger partial charge in [-0.2, -0.15) is 0 Å². The molecule has 3 nitrogen and oxygen atoms in total. The van der Waals surface area contributed by atoms with Crippen molar-refractivity contribution in [3.8, 4) is 0 Å². The lowest BCUT2D eigenvalue weighted by Crippen LogP contribution is -2.65. The molecule has 1 spiro atoms. The van der Waals surface area contributed by atoms with Crippen molar-refractivity contribution in [2.24, 2.45) is 16.7 Å². The van der Waals surface area contributed by atoms with Crippen LogP contribution in [-0.4, -0.2) is 36.5 Å². The zero-order valence-electron chi connectivity index (χ0n) is 13.1. The lowest BCUT2D eigenvalue weighted by atomic mass is 9.56. The molecule has 2 aliphatic carbocycles. The van der Waals surface area contributed by atoms with Gasteiger partial charge in [0.1, 0.15) is 11.2 Å². The molecule has 4 aliphatic rings. The zero-order valence-corrected chi connectivity index (χ0v) is 13.1. The van der Waals surface area contributed by atoms with Crippen LogP contribution < -0.4 is 0 Å². The maximum absolute atomic E-state index is 14.2. The Hall–Kier alpha value is -1.56. The Bertz CT molecular complexity index is 715. The molecule has 1 aromatic rings. The summed E-state index contributed by atoms with van der Waals surface area (Å²) in [6, 6.07) is 5.87. The number of nitrogens with zero attached hydrogens (tertiary/aromatic N) is 1. The molecule has 0 bridgehead atoms. The van der Waals surface area contributed by atoms with Gasteiger partial charge in [-0.05, 0) is 30.5 Å². The van der Waals surface area contributed by atoms with Gasteiger partial charge in [-0.3, -0.25) is 4.79 Å².